The van der Waals surface area contributed by atoms with Crippen molar-refractivity contribution in [1.29, 1.82) is 0 Å². The van der Waals surface area contributed by atoms with E-state index in [-0.39, 0.29) is 17.1 Å². The van der Waals surface area contributed by atoms with Gasteiger partial charge in [0.05, 0.1) is 5.69 Å². The van der Waals surface area contributed by atoms with Crippen LogP contribution in [0.2, 0.25) is 0 Å². The quantitative estimate of drug-likeness (QED) is 0.154. The Bertz CT molecular complexity index is 1540. The Balaban J connectivity index is 0.000000242. The van der Waals surface area contributed by atoms with Crippen LogP contribution < -0.4 is 22.5 Å². The van der Waals surface area contributed by atoms with Crippen LogP contribution in [0.4, 0.5) is 0 Å². The van der Waals surface area contributed by atoms with Crippen LogP contribution in [-0.4, -0.2) is 64.3 Å². The molecule has 0 radical (unpaired) electrons. The van der Waals surface area contributed by atoms with Crippen molar-refractivity contribution in [2.45, 2.75) is 79.2 Å². The molecule has 0 amide bonds. The van der Waals surface area contributed by atoms with Crippen molar-refractivity contribution in [3.8, 4) is 5.69 Å². The fraction of sp³-hybridized carbons (Fsp3) is 0.543. The van der Waals surface area contributed by atoms with Gasteiger partial charge in [-0.15, -0.1) is 0 Å². The van der Waals surface area contributed by atoms with Crippen molar-refractivity contribution in [2.24, 2.45) is 32.8 Å². The van der Waals surface area contributed by atoms with E-state index in [0.717, 1.165) is 60.7 Å². The summed E-state index contributed by atoms with van der Waals surface area (Å²) in [5.74, 6) is 0.974. The van der Waals surface area contributed by atoms with Gasteiger partial charge in [-0.2, -0.15) is 4.98 Å². The number of fused-ring (bicyclic) bond motifs is 1. The molecule has 0 aliphatic carbocycles. The maximum atomic E-state index is 12.5. The maximum Gasteiger partial charge on any atom is 0.354 e. The second-order valence-corrected chi connectivity index (χ2v) is 14.4. The first-order chi connectivity index (χ1) is 21.3. The van der Waals surface area contributed by atoms with Crippen LogP contribution in [0.5, 0.6) is 0 Å². The fourth-order valence-electron chi connectivity index (χ4n) is 5.68. The van der Waals surface area contributed by atoms with Crippen molar-refractivity contribution >= 4 is 23.2 Å². The van der Waals surface area contributed by atoms with E-state index in [1.165, 1.54) is 31.5 Å². The van der Waals surface area contributed by atoms with Crippen LogP contribution in [0.15, 0.2) is 63.1 Å². The number of piperidine rings is 1. The molecule has 2 aliphatic heterocycles. The highest BCUT2D eigenvalue weighted by molar-refractivity contribution is 5.76. The third-order valence-corrected chi connectivity index (χ3v) is 8.54. The summed E-state index contributed by atoms with van der Waals surface area (Å²) >= 11 is 0. The number of aromatic nitrogens is 3. The zero-order chi connectivity index (χ0) is 32.6. The molecule has 1 atom stereocenters. The second kappa shape index (κ2) is 15.0. The van der Waals surface area contributed by atoms with E-state index in [4.69, 9.17) is 11.5 Å². The van der Waals surface area contributed by atoms with Gasteiger partial charge in [0.2, 0.25) is 0 Å². The molecule has 10 heteroatoms. The zero-order valence-electron chi connectivity index (χ0n) is 28.1. The van der Waals surface area contributed by atoms with Crippen LogP contribution in [0.25, 0.3) is 16.7 Å². The number of benzene rings is 1. The Labute approximate surface area is 268 Å². The van der Waals surface area contributed by atoms with Gasteiger partial charge in [-0.05, 0) is 73.0 Å². The normalized spacial score (nSPS) is 17.2. The first-order valence-electron chi connectivity index (χ1n) is 16.2. The summed E-state index contributed by atoms with van der Waals surface area (Å²) in [7, 11) is 0. The molecule has 1 aromatic carbocycles. The van der Waals surface area contributed by atoms with Crippen molar-refractivity contribution in [3.05, 3.63) is 70.0 Å². The van der Waals surface area contributed by atoms with E-state index in [0.29, 0.717) is 17.6 Å². The lowest BCUT2D eigenvalue weighted by atomic mass is 9.76. The Kier molecular flexibility index (Phi) is 11.4. The van der Waals surface area contributed by atoms with E-state index in [1.54, 1.807) is 4.57 Å². The first-order valence-corrected chi connectivity index (χ1v) is 16.2. The molecule has 2 aromatic heterocycles. The molecule has 10 nitrogen and oxygen atoms in total. The summed E-state index contributed by atoms with van der Waals surface area (Å²) in [6.45, 7) is 19.3. The highest BCUT2D eigenvalue weighted by Crippen LogP contribution is 2.33. The lowest BCUT2D eigenvalue weighted by Gasteiger charge is -2.39. The van der Waals surface area contributed by atoms with Gasteiger partial charge in [0.1, 0.15) is 5.65 Å². The highest BCUT2D eigenvalue weighted by Gasteiger charge is 2.29. The van der Waals surface area contributed by atoms with E-state index >= 15 is 0 Å². The summed E-state index contributed by atoms with van der Waals surface area (Å²) in [5, 5.41) is 4.27. The minimum atomic E-state index is -0.301. The van der Waals surface area contributed by atoms with Crippen molar-refractivity contribution in [3.63, 3.8) is 0 Å². The summed E-state index contributed by atoms with van der Waals surface area (Å²) in [4.78, 5) is 30.7. The Morgan fingerprint density at radius 2 is 1.89 bits per heavy atom. The van der Waals surface area contributed by atoms with Gasteiger partial charge < -0.3 is 21.8 Å². The number of aromatic amines is 1. The van der Waals surface area contributed by atoms with E-state index in [2.05, 4.69) is 77.8 Å². The number of nitrogens with two attached hydrogens (primary N) is 2. The van der Waals surface area contributed by atoms with Crippen molar-refractivity contribution < 1.29 is 0 Å². The van der Waals surface area contributed by atoms with Gasteiger partial charge in [0.25, 0.3) is 0 Å². The van der Waals surface area contributed by atoms with Gasteiger partial charge in [-0.3, -0.25) is 19.5 Å². The van der Waals surface area contributed by atoms with Crippen LogP contribution >= 0.6 is 0 Å². The Hall–Kier alpha value is -3.76. The van der Waals surface area contributed by atoms with Gasteiger partial charge in [0.15, 0.2) is 5.96 Å². The second-order valence-electron chi connectivity index (χ2n) is 14.4. The third-order valence-electron chi connectivity index (χ3n) is 8.54. The number of H-pyrrole nitrogens is 1. The summed E-state index contributed by atoms with van der Waals surface area (Å²) in [6.07, 6.45) is 10.6. The number of hydrogen-bond acceptors (Lipinski definition) is 6. The average Bonchev–Trinajstić information content (AvgIpc) is 3.64. The molecule has 6 N–H and O–H groups in total. The van der Waals surface area contributed by atoms with Crippen molar-refractivity contribution in [2.75, 3.05) is 32.7 Å². The van der Waals surface area contributed by atoms with Gasteiger partial charge in [-0.25, -0.2) is 4.79 Å². The monoisotopic (exact) mass is 615 g/mol. The molecule has 0 bridgehead atoms. The first kappa shape index (κ1) is 34.1. The smallest absolute Gasteiger partial charge is 0.354 e. The van der Waals surface area contributed by atoms with Gasteiger partial charge in [0, 0.05) is 67.7 Å². The number of aliphatic imine (C=N–C) groups is 2. The van der Waals surface area contributed by atoms with E-state index in [1.807, 2.05) is 42.9 Å². The number of likely N-dealkylation sites (tertiary alicyclic amines) is 1. The number of nitrogens with zero attached hydrogens (tertiary/aromatic N) is 5. The number of hydrogen-bond donors (Lipinski definition) is 4. The molecule has 244 valence electrons. The molecule has 5 rings (SSSR count). The largest absolute Gasteiger partial charge is 0.370 e. The number of guanidine groups is 1. The third kappa shape index (κ3) is 10.1. The molecule has 2 aliphatic rings. The number of rotatable bonds is 9. The van der Waals surface area contributed by atoms with E-state index in [9.17, 15) is 4.79 Å². The highest BCUT2D eigenvalue weighted by atomic mass is 16.1. The Morgan fingerprint density at radius 3 is 2.53 bits per heavy atom. The number of nitrogens with one attached hydrogen (secondary N) is 2. The van der Waals surface area contributed by atoms with Crippen LogP contribution in [0.3, 0.4) is 0 Å². The topological polar surface area (TPSA) is 143 Å². The Morgan fingerprint density at radius 1 is 1.13 bits per heavy atom. The summed E-state index contributed by atoms with van der Waals surface area (Å²) in [6, 6.07) is 9.93. The predicted molar refractivity (Wildman–Crippen MR) is 187 cm³/mol. The van der Waals surface area contributed by atoms with Gasteiger partial charge in [-0.1, -0.05) is 53.7 Å². The summed E-state index contributed by atoms with van der Waals surface area (Å²) in [5.41, 5.74) is 15.8. The van der Waals surface area contributed by atoms with Crippen LogP contribution in [0, 0.1) is 11.3 Å². The van der Waals surface area contributed by atoms with Crippen molar-refractivity contribution in [1.82, 2.24) is 24.8 Å². The SMILES string of the molecule is CC(C)(C)C1CCCN(CC2=CN=CC2)C1.CC(C)(C)c1cc2cn(-c3ccc(CNCCCN=C(N)N)cc3)c(=O)nc2[nH]1. The minimum absolute atomic E-state index is 0.0352. The predicted octanol–water partition coefficient (Wildman–Crippen LogP) is 4.87. The zero-order valence-corrected chi connectivity index (χ0v) is 28.1. The van der Waals surface area contributed by atoms with E-state index < -0.39 is 0 Å². The fourth-order valence-corrected chi connectivity index (χ4v) is 5.68. The molecule has 3 aromatic rings. The molecule has 1 saturated heterocycles. The summed E-state index contributed by atoms with van der Waals surface area (Å²) < 4.78 is 1.58. The molecule has 1 unspecified atom stereocenters. The van der Waals surface area contributed by atoms with Gasteiger partial charge >= 0.3 is 5.69 Å². The molecule has 45 heavy (non-hydrogen) atoms. The van der Waals surface area contributed by atoms with Crippen LogP contribution in [-0.2, 0) is 12.0 Å². The molecule has 4 heterocycles. The minimum Gasteiger partial charge on any atom is -0.370 e. The molecule has 1 fully saturated rings. The molecular weight excluding hydrogens is 562 g/mol. The lowest BCUT2D eigenvalue weighted by Crippen LogP contribution is -2.41. The molecule has 0 saturated carbocycles. The standard InChI is InChI=1S/C21H29N7O.C14H24N2/c1-21(2,3)17-11-15-13-28(20(29)27-18(15)26-17)16-7-5-14(6-8-16)12-24-9-4-10-25-19(22)23;1-14(2,3)13-5-4-8-16(11-13)10-12-6-7-15-9-12/h5-8,11,13,24H,4,9-10,12H2,1-3H3,(H4,22,23,25)(H,26,27,29);7,9,13H,4-6,8,10-11H2,1-3H3. The van der Waals surface area contributed by atoms with Crippen LogP contribution in [0.1, 0.15) is 78.5 Å². The molecular formula is C35H53N9O. The maximum absolute atomic E-state index is 12.5. The average molecular weight is 616 g/mol. The lowest BCUT2D eigenvalue weighted by molar-refractivity contribution is 0.106. The molecule has 0 spiro atoms.